The zero-order chi connectivity index (χ0) is 16.1. The van der Waals surface area contributed by atoms with Crippen LogP contribution in [0.15, 0.2) is 10.5 Å². The van der Waals surface area contributed by atoms with Crippen molar-refractivity contribution >= 4 is 23.1 Å². The molecule has 1 fully saturated rings. The van der Waals surface area contributed by atoms with Gasteiger partial charge in [-0.05, 0) is 42.0 Å². The Balaban J connectivity index is 1.55. The van der Waals surface area contributed by atoms with Gasteiger partial charge in [0.1, 0.15) is 0 Å². The first-order valence-electron chi connectivity index (χ1n) is 8.14. The third kappa shape index (κ3) is 4.74. The second-order valence-corrected chi connectivity index (χ2v) is 8.09. The molecule has 0 aromatic carbocycles. The van der Waals surface area contributed by atoms with Crippen LogP contribution in [-0.2, 0) is 16.9 Å². The van der Waals surface area contributed by atoms with Gasteiger partial charge in [-0.1, -0.05) is 25.6 Å². The molecule has 0 N–H and O–H groups in total. The largest absolute Gasteiger partial charge is 0.381 e. The molecule has 23 heavy (non-hydrogen) atoms. The molecular formula is C15H23N5OS2. The van der Waals surface area contributed by atoms with Gasteiger partial charge in [0.05, 0.1) is 16.7 Å². The lowest BCUT2D eigenvalue weighted by Crippen LogP contribution is -2.21. The van der Waals surface area contributed by atoms with Crippen molar-refractivity contribution in [2.45, 2.75) is 56.5 Å². The van der Waals surface area contributed by atoms with E-state index >= 15 is 0 Å². The van der Waals surface area contributed by atoms with E-state index in [4.69, 9.17) is 9.72 Å². The maximum Gasteiger partial charge on any atom is 0.209 e. The predicted molar refractivity (Wildman–Crippen MR) is 91.7 cm³/mol. The Morgan fingerprint density at radius 2 is 2.22 bits per heavy atom. The van der Waals surface area contributed by atoms with E-state index in [1.54, 1.807) is 23.1 Å². The summed E-state index contributed by atoms with van der Waals surface area (Å²) in [6.07, 6.45) is 4.23. The molecule has 0 saturated carbocycles. The summed E-state index contributed by atoms with van der Waals surface area (Å²) in [7, 11) is 0. The molecule has 126 valence electrons. The molecule has 1 saturated heterocycles. The third-order valence-electron chi connectivity index (χ3n) is 3.88. The van der Waals surface area contributed by atoms with Crippen molar-refractivity contribution in [1.82, 2.24) is 25.2 Å². The van der Waals surface area contributed by atoms with Crippen molar-refractivity contribution in [3.63, 3.8) is 0 Å². The van der Waals surface area contributed by atoms with Gasteiger partial charge in [0, 0.05) is 24.3 Å². The fourth-order valence-electron chi connectivity index (χ4n) is 2.52. The normalized spacial score (nSPS) is 16.3. The molecule has 3 rings (SSSR count). The molecule has 0 spiro atoms. The summed E-state index contributed by atoms with van der Waals surface area (Å²) < 4.78 is 7.37. The Labute approximate surface area is 145 Å². The van der Waals surface area contributed by atoms with Crippen LogP contribution < -0.4 is 0 Å². The topological polar surface area (TPSA) is 65.7 Å². The van der Waals surface area contributed by atoms with Gasteiger partial charge in [0.25, 0.3) is 0 Å². The van der Waals surface area contributed by atoms with Crippen molar-refractivity contribution in [2.75, 3.05) is 13.2 Å². The van der Waals surface area contributed by atoms with Crippen molar-refractivity contribution in [3.05, 3.63) is 16.1 Å². The van der Waals surface area contributed by atoms with Gasteiger partial charge in [-0.15, -0.1) is 16.4 Å². The van der Waals surface area contributed by atoms with E-state index in [9.17, 15) is 0 Å². The number of hydrogen-bond acceptors (Lipinski definition) is 7. The quantitative estimate of drug-likeness (QED) is 0.711. The molecule has 0 bridgehead atoms. The van der Waals surface area contributed by atoms with Crippen LogP contribution in [0.3, 0.4) is 0 Å². The lowest BCUT2D eigenvalue weighted by molar-refractivity contribution is 0.0631. The maximum absolute atomic E-state index is 5.41. The first-order chi connectivity index (χ1) is 11.2. The molecule has 6 nitrogen and oxygen atoms in total. The van der Waals surface area contributed by atoms with Gasteiger partial charge in [0.15, 0.2) is 0 Å². The monoisotopic (exact) mass is 353 g/mol. The Morgan fingerprint density at radius 1 is 1.39 bits per heavy atom. The minimum atomic E-state index is 0.360. The Bertz CT molecular complexity index is 607. The Morgan fingerprint density at radius 3 is 3.00 bits per heavy atom. The highest BCUT2D eigenvalue weighted by molar-refractivity contribution is 7.98. The number of nitrogens with zero attached hydrogens (tertiary/aromatic N) is 5. The van der Waals surface area contributed by atoms with Crippen LogP contribution in [0.25, 0.3) is 0 Å². The fraction of sp³-hybridized carbons (Fsp3) is 0.733. The summed E-state index contributed by atoms with van der Waals surface area (Å²) in [5.74, 6) is 1.54. The molecule has 0 radical (unpaired) electrons. The minimum Gasteiger partial charge on any atom is -0.381 e. The molecule has 0 amide bonds. The van der Waals surface area contributed by atoms with E-state index in [0.29, 0.717) is 6.04 Å². The van der Waals surface area contributed by atoms with Crippen LogP contribution in [0.1, 0.15) is 49.9 Å². The number of aromatic nitrogens is 5. The standard InChI is InChI=1S/C15H23N5OS2/c1-11(2)3-4-14-16-12(9-22-14)10-23-15-17-18-19-20(15)13-5-7-21-8-6-13/h9,11,13H,3-8,10H2,1-2H3. The first kappa shape index (κ1) is 16.9. The summed E-state index contributed by atoms with van der Waals surface area (Å²) in [5, 5.41) is 16.5. The van der Waals surface area contributed by atoms with E-state index in [1.807, 2.05) is 4.68 Å². The molecule has 2 aromatic heterocycles. The second-order valence-electron chi connectivity index (χ2n) is 6.20. The van der Waals surface area contributed by atoms with E-state index in [-0.39, 0.29) is 0 Å². The molecule has 8 heteroatoms. The van der Waals surface area contributed by atoms with Gasteiger partial charge >= 0.3 is 0 Å². The number of ether oxygens (including phenoxy) is 1. The lowest BCUT2D eigenvalue weighted by Gasteiger charge is -2.22. The summed E-state index contributed by atoms with van der Waals surface area (Å²) in [5.41, 5.74) is 1.13. The van der Waals surface area contributed by atoms with E-state index in [0.717, 1.165) is 55.0 Å². The average Bonchev–Trinajstić information content (AvgIpc) is 3.21. The highest BCUT2D eigenvalue weighted by Crippen LogP contribution is 2.27. The van der Waals surface area contributed by atoms with E-state index in [2.05, 4.69) is 34.8 Å². The summed E-state index contributed by atoms with van der Waals surface area (Å²) in [6.45, 7) is 6.08. The second kappa shape index (κ2) is 8.21. The van der Waals surface area contributed by atoms with Crippen LogP contribution >= 0.6 is 23.1 Å². The number of thioether (sulfide) groups is 1. The molecule has 1 aliphatic heterocycles. The molecule has 0 unspecified atom stereocenters. The summed E-state index contributed by atoms with van der Waals surface area (Å²) in [6, 6.07) is 0.360. The highest BCUT2D eigenvalue weighted by Gasteiger charge is 2.20. The van der Waals surface area contributed by atoms with Crippen LogP contribution in [0.2, 0.25) is 0 Å². The van der Waals surface area contributed by atoms with Crippen molar-refractivity contribution in [1.29, 1.82) is 0 Å². The van der Waals surface area contributed by atoms with Crippen LogP contribution in [0.4, 0.5) is 0 Å². The minimum absolute atomic E-state index is 0.360. The van der Waals surface area contributed by atoms with E-state index < -0.39 is 0 Å². The zero-order valence-electron chi connectivity index (χ0n) is 13.6. The zero-order valence-corrected chi connectivity index (χ0v) is 15.3. The third-order valence-corrected chi connectivity index (χ3v) is 5.81. The van der Waals surface area contributed by atoms with Crippen molar-refractivity contribution in [3.8, 4) is 0 Å². The molecule has 0 aliphatic carbocycles. The van der Waals surface area contributed by atoms with Crippen molar-refractivity contribution in [2.24, 2.45) is 5.92 Å². The van der Waals surface area contributed by atoms with Gasteiger partial charge < -0.3 is 4.74 Å². The van der Waals surface area contributed by atoms with Crippen LogP contribution in [0, 0.1) is 5.92 Å². The number of rotatable bonds is 7. The number of hydrogen-bond donors (Lipinski definition) is 0. The van der Waals surface area contributed by atoms with Gasteiger partial charge in [-0.2, -0.15) is 0 Å². The average molecular weight is 354 g/mol. The Hall–Kier alpha value is -0.990. The number of tetrazole rings is 1. The van der Waals surface area contributed by atoms with Crippen molar-refractivity contribution < 1.29 is 4.74 Å². The molecule has 2 aromatic rings. The van der Waals surface area contributed by atoms with Crippen LogP contribution in [0.5, 0.6) is 0 Å². The molecular weight excluding hydrogens is 330 g/mol. The van der Waals surface area contributed by atoms with E-state index in [1.165, 1.54) is 11.4 Å². The first-order valence-corrected chi connectivity index (χ1v) is 10.0. The number of thiazole rings is 1. The molecule has 3 heterocycles. The lowest BCUT2D eigenvalue weighted by atomic mass is 10.1. The Kier molecular flexibility index (Phi) is 6.02. The smallest absolute Gasteiger partial charge is 0.209 e. The predicted octanol–water partition coefficient (Wildman–Crippen LogP) is 3.36. The summed E-state index contributed by atoms with van der Waals surface area (Å²) in [4.78, 5) is 4.72. The SMILES string of the molecule is CC(C)CCc1nc(CSc2nnnn2C2CCOCC2)cs1. The maximum atomic E-state index is 5.41. The van der Waals surface area contributed by atoms with Gasteiger partial charge in [-0.25, -0.2) is 9.67 Å². The molecule has 1 aliphatic rings. The fourth-order valence-corrected chi connectivity index (χ4v) is 4.28. The summed E-state index contributed by atoms with van der Waals surface area (Å²) >= 11 is 3.43. The molecule has 0 atom stereocenters. The highest BCUT2D eigenvalue weighted by atomic mass is 32.2. The number of aryl methyl sites for hydroxylation is 1. The van der Waals surface area contributed by atoms with Gasteiger partial charge in [-0.3, -0.25) is 0 Å². The van der Waals surface area contributed by atoms with Crippen LogP contribution in [-0.4, -0.2) is 38.4 Å². The van der Waals surface area contributed by atoms with Gasteiger partial charge in [0.2, 0.25) is 5.16 Å².